The van der Waals surface area contributed by atoms with Crippen molar-refractivity contribution in [2.75, 3.05) is 6.54 Å². The molecule has 0 saturated carbocycles. The molecule has 2 atom stereocenters. The van der Waals surface area contributed by atoms with E-state index < -0.39 is 6.10 Å². The van der Waals surface area contributed by atoms with Gasteiger partial charge in [0.05, 0.1) is 18.6 Å². The molecule has 1 unspecified atom stereocenters. The molecular formula is C32H36N2O4. The number of aromatic hydroxyl groups is 2. The standard InChI is InChI=1S/C32H36N2O4/c1-21(28-13-7-11-24-10-4-5-12-29(24)28)34-31(38)15-22-8-6-9-23(14-22)19-32(2,3)33-20-30(37)25-16-26(35)18-27(36)17-25/h4-14,16-18,21,30,33,35-37H,15,19-20H2,1-3H3,(H,34,38)/t21-,30?/m1/s1. The van der Waals surface area contributed by atoms with Crippen LogP contribution < -0.4 is 10.6 Å². The van der Waals surface area contributed by atoms with Crippen molar-refractivity contribution in [3.05, 3.63) is 107 Å². The Hall–Kier alpha value is -3.87. The van der Waals surface area contributed by atoms with Crippen LogP contribution in [0.15, 0.2) is 84.9 Å². The van der Waals surface area contributed by atoms with Crippen LogP contribution in [-0.2, 0) is 17.6 Å². The summed E-state index contributed by atoms with van der Waals surface area (Å²) in [5.41, 5.74) is 3.22. The zero-order chi connectivity index (χ0) is 27.3. The molecule has 0 aliphatic heterocycles. The highest BCUT2D eigenvalue weighted by atomic mass is 16.3. The van der Waals surface area contributed by atoms with Crippen molar-refractivity contribution in [2.45, 2.75) is 51.3 Å². The van der Waals surface area contributed by atoms with Crippen LogP contribution in [0.1, 0.15) is 55.2 Å². The van der Waals surface area contributed by atoms with Crippen molar-refractivity contribution in [2.24, 2.45) is 0 Å². The molecule has 4 aromatic carbocycles. The molecular weight excluding hydrogens is 476 g/mol. The number of phenolic OH excluding ortho intramolecular Hbond substituents is 2. The summed E-state index contributed by atoms with van der Waals surface area (Å²) in [7, 11) is 0. The molecule has 0 aromatic heterocycles. The maximum absolute atomic E-state index is 12.9. The first-order valence-electron chi connectivity index (χ1n) is 12.9. The Bertz CT molecular complexity index is 1390. The summed E-state index contributed by atoms with van der Waals surface area (Å²) in [6.45, 7) is 6.36. The SMILES string of the molecule is C[C@@H](NC(=O)Cc1cccc(CC(C)(C)NCC(O)c2cc(O)cc(O)c2)c1)c1cccc2ccccc12. The molecule has 6 heteroatoms. The second kappa shape index (κ2) is 11.7. The van der Waals surface area contributed by atoms with Crippen LogP contribution in [0.2, 0.25) is 0 Å². The zero-order valence-corrected chi connectivity index (χ0v) is 22.1. The average Bonchev–Trinajstić information content (AvgIpc) is 2.86. The van der Waals surface area contributed by atoms with Gasteiger partial charge < -0.3 is 26.0 Å². The lowest BCUT2D eigenvalue weighted by atomic mass is 9.93. The van der Waals surface area contributed by atoms with E-state index in [4.69, 9.17) is 0 Å². The summed E-state index contributed by atoms with van der Waals surface area (Å²) in [4.78, 5) is 12.9. The van der Waals surface area contributed by atoms with E-state index in [1.807, 2.05) is 57.2 Å². The molecule has 4 rings (SSSR count). The van der Waals surface area contributed by atoms with Crippen molar-refractivity contribution in [3.8, 4) is 11.5 Å². The number of fused-ring (bicyclic) bond motifs is 1. The van der Waals surface area contributed by atoms with Crippen LogP contribution in [0.3, 0.4) is 0 Å². The van der Waals surface area contributed by atoms with Crippen molar-refractivity contribution in [1.29, 1.82) is 0 Å². The van der Waals surface area contributed by atoms with E-state index in [0.717, 1.165) is 27.5 Å². The molecule has 0 fully saturated rings. The predicted octanol–water partition coefficient (Wildman–Crippen LogP) is 5.32. The third-order valence-corrected chi connectivity index (χ3v) is 6.75. The number of benzene rings is 4. The van der Waals surface area contributed by atoms with E-state index in [0.29, 0.717) is 12.0 Å². The van der Waals surface area contributed by atoms with Gasteiger partial charge in [0.15, 0.2) is 0 Å². The minimum atomic E-state index is -0.883. The number of nitrogens with one attached hydrogen (secondary N) is 2. The van der Waals surface area contributed by atoms with Crippen LogP contribution in [0.5, 0.6) is 11.5 Å². The van der Waals surface area contributed by atoms with Gasteiger partial charge in [-0.3, -0.25) is 4.79 Å². The molecule has 5 N–H and O–H groups in total. The third kappa shape index (κ3) is 7.12. The Morgan fingerprint density at radius 1 is 0.868 bits per heavy atom. The first-order valence-corrected chi connectivity index (χ1v) is 12.9. The highest BCUT2D eigenvalue weighted by Crippen LogP contribution is 2.26. The van der Waals surface area contributed by atoms with Crippen LogP contribution >= 0.6 is 0 Å². The summed E-state index contributed by atoms with van der Waals surface area (Å²) in [6, 6.07) is 26.4. The predicted molar refractivity (Wildman–Crippen MR) is 151 cm³/mol. The van der Waals surface area contributed by atoms with Crippen molar-refractivity contribution in [3.63, 3.8) is 0 Å². The molecule has 1 amide bonds. The molecule has 0 aliphatic rings. The van der Waals surface area contributed by atoms with Gasteiger partial charge in [-0.1, -0.05) is 66.7 Å². The number of aliphatic hydroxyl groups is 1. The highest BCUT2D eigenvalue weighted by molar-refractivity contribution is 5.87. The average molecular weight is 513 g/mol. The minimum absolute atomic E-state index is 0.0301. The third-order valence-electron chi connectivity index (χ3n) is 6.75. The molecule has 0 aliphatic carbocycles. The Labute approximate surface area is 224 Å². The number of amides is 1. The number of rotatable bonds is 10. The van der Waals surface area contributed by atoms with Crippen molar-refractivity contribution < 1.29 is 20.1 Å². The smallest absolute Gasteiger partial charge is 0.224 e. The largest absolute Gasteiger partial charge is 0.508 e. The van der Waals surface area contributed by atoms with Gasteiger partial charge in [-0.2, -0.15) is 0 Å². The first kappa shape index (κ1) is 27.2. The number of aliphatic hydroxyl groups excluding tert-OH is 1. The first-order chi connectivity index (χ1) is 18.1. The van der Waals surface area contributed by atoms with Gasteiger partial charge in [-0.25, -0.2) is 0 Å². The number of phenols is 2. The second-order valence-electron chi connectivity index (χ2n) is 10.6. The van der Waals surface area contributed by atoms with Gasteiger partial charge in [-0.15, -0.1) is 0 Å². The Morgan fingerprint density at radius 3 is 2.29 bits per heavy atom. The molecule has 0 bridgehead atoms. The van der Waals surface area contributed by atoms with E-state index in [2.05, 4.69) is 41.0 Å². The summed E-state index contributed by atoms with van der Waals surface area (Å²) in [5.74, 6) is -0.214. The van der Waals surface area contributed by atoms with Gasteiger partial charge in [0.1, 0.15) is 11.5 Å². The minimum Gasteiger partial charge on any atom is -0.508 e. The quantitative estimate of drug-likeness (QED) is 0.198. The zero-order valence-electron chi connectivity index (χ0n) is 22.1. The fourth-order valence-corrected chi connectivity index (χ4v) is 4.91. The second-order valence-corrected chi connectivity index (χ2v) is 10.6. The van der Waals surface area contributed by atoms with Gasteiger partial charge in [0, 0.05) is 18.2 Å². The fourth-order valence-electron chi connectivity index (χ4n) is 4.91. The molecule has 0 spiro atoms. The molecule has 6 nitrogen and oxygen atoms in total. The number of hydrogen-bond acceptors (Lipinski definition) is 5. The number of β-amino-alcohol motifs (C(OH)–C–C–N with tert-alkyl or cyclic N) is 1. The van der Waals surface area contributed by atoms with E-state index >= 15 is 0 Å². The van der Waals surface area contributed by atoms with Gasteiger partial charge in [0.2, 0.25) is 5.91 Å². The Balaban J connectivity index is 1.34. The summed E-state index contributed by atoms with van der Waals surface area (Å²) >= 11 is 0. The van der Waals surface area contributed by atoms with E-state index in [1.165, 1.54) is 18.2 Å². The molecule has 38 heavy (non-hydrogen) atoms. The van der Waals surface area contributed by atoms with E-state index in [9.17, 15) is 20.1 Å². The Morgan fingerprint density at radius 2 is 1.53 bits per heavy atom. The summed E-state index contributed by atoms with van der Waals surface area (Å²) < 4.78 is 0. The topological polar surface area (TPSA) is 102 Å². The van der Waals surface area contributed by atoms with E-state index in [1.54, 1.807) is 0 Å². The maximum Gasteiger partial charge on any atom is 0.224 e. The number of carbonyl (C=O) groups is 1. The van der Waals surface area contributed by atoms with Crippen LogP contribution in [0, 0.1) is 0 Å². The van der Waals surface area contributed by atoms with Crippen molar-refractivity contribution in [1.82, 2.24) is 10.6 Å². The molecule has 0 heterocycles. The molecule has 198 valence electrons. The lowest BCUT2D eigenvalue weighted by Crippen LogP contribution is -2.43. The molecule has 4 aromatic rings. The normalized spacial score (nSPS) is 13.3. The van der Waals surface area contributed by atoms with Crippen molar-refractivity contribution >= 4 is 16.7 Å². The summed E-state index contributed by atoms with van der Waals surface area (Å²) in [6.07, 6.45) is 0.0923. The fraction of sp³-hybridized carbons (Fsp3) is 0.281. The lowest BCUT2D eigenvalue weighted by molar-refractivity contribution is -0.121. The molecule has 0 radical (unpaired) electrons. The number of hydrogen-bond donors (Lipinski definition) is 5. The van der Waals surface area contributed by atoms with Crippen LogP contribution in [0.4, 0.5) is 0 Å². The van der Waals surface area contributed by atoms with Crippen LogP contribution in [-0.4, -0.2) is 33.3 Å². The lowest BCUT2D eigenvalue weighted by Gasteiger charge is -2.28. The van der Waals surface area contributed by atoms with E-state index in [-0.39, 0.29) is 42.0 Å². The Kier molecular flexibility index (Phi) is 8.35. The highest BCUT2D eigenvalue weighted by Gasteiger charge is 2.21. The maximum atomic E-state index is 12.9. The molecule has 0 saturated heterocycles. The van der Waals surface area contributed by atoms with Gasteiger partial charge in [-0.05, 0) is 72.4 Å². The number of carbonyl (C=O) groups excluding carboxylic acids is 1. The van der Waals surface area contributed by atoms with Crippen LogP contribution in [0.25, 0.3) is 10.8 Å². The monoisotopic (exact) mass is 512 g/mol. The summed E-state index contributed by atoms with van der Waals surface area (Å²) in [5, 5.41) is 38.7. The van der Waals surface area contributed by atoms with Gasteiger partial charge in [0.25, 0.3) is 0 Å². The van der Waals surface area contributed by atoms with Gasteiger partial charge >= 0.3 is 0 Å².